The van der Waals surface area contributed by atoms with Gasteiger partial charge < -0.3 is 11.1 Å². The lowest BCUT2D eigenvalue weighted by Gasteiger charge is -2.21. The van der Waals surface area contributed by atoms with Crippen LogP contribution < -0.4 is 11.1 Å². The number of nitrogens with two attached hydrogens (primary N) is 1. The highest BCUT2D eigenvalue weighted by molar-refractivity contribution is 4.80. The van der Waals surface area contributed by atoms with Gasteiger partial charge in [-0.15, -0.1) is 0 Å². The summed E-state index contributed by atoms with van der Waals surface area (Å²) in [7, 11) is 0. The van der Waals surface area contributed by atoms with Gasteiger partial charge in [-0.3, -0.25) is 0 Å². The lowest BCUT2D eigenvalue weighted by atomic mass is 9.96. The number of unbranched alkanes of at least 4 members (excludes halogenated alkanes) is 2. The summed E-state index contributed by atoms with van der Waals surface area (Å²) >= 11 is 0. The highest BCUT2D eigenvalue weighted by atomic mass is 14.9. The molecule has 0 amide bonds. The third-order valence-electron chi connectivity index (χ3n) is 4.09. The average molecular weight is 226 g/mol. The third-order valence-corrected chi connectivity index (χ3v) is 4.09. The molecule has 2 heteroatoms. The zero-order valence-corrected chi connectivity index (χ0v) is 11.2. The second-order valence-electron chi connectivity index (χ2n) is 5.49. The molecule has 3 unspecified atom stereocenters. The summed E-state index contributed by atoms with van der Waals surface area (Å²) < 4.78 is 0. The topological polar surface area (TPSA) is 38.0 Å². The Balaban J connectivity index is 2.08. The standard InChI is InChI=1S/C14H30N2/c1-3-4-5-7-12(2)16-11-14-9-6-8-13(14)10-15/h12-14,16H,3-11,15H2,1-2H3. The van der Waals surface area contributed by atoms with Crippen molar-refractivity contribution in [2.45, 2.75) is 64.8 Å². The largest absolute Gasteiger partial charge is 0.330 e. The molecule has 0 heterocycles. The molecule has 1 saturated carbocycles. The first kappa shape index (κ1) is 14.0. The lowest BCUT2D eigenvalue weighted by Crippen LogP contribution is -2.34. The highest BCUT2D eigenvalue weighted by Gasteiger charge is 2.25. The van der Waals surface area contributed by atoms with Crippen molar-refractivity contribution in [2.75, 3.05) is 13.1 Å². The number of hydrogen-bond acceptors (Lipinski definition) is 2. The van der Waals surface area contributed by atoms with Gasteiger partial charge in [0.1, 0.15) is 0 Å². The Hall–Kier alpha value is -0.0800. The lowest BCUT2D eigenvalue weighted by molar-refractivity contribution is 0.350. The molecule has 3 atom stereocenters. The molecule has 16 heavy (non-hydrogen) atoms. The molecule has 1 aliphatic carbocycles. The van der Waals surface area contributed by atoms with E-state index in [0.29, 0.717) is 6.04 Å². The van der Waals surface area contributed by atoms with Gasteiger partial charge in [0.15, 0.2) is 0 Å². The molecule has 0 aromatic heterocycles. The first-order chi connectivity index (χ1) is 7.77. The van der Waals surface area contributed by atoms with Gasteiger partial charge in [-0.05, 0) is 51.1 Å². The highest BCUT2D eigenvalue weighted by Crippen LogP contribution is 2.30. The third kappa shape index (κ3) is 4.84. The van der Waals surface area contributed by atoms with Crippen LogP contribution in [0, 0.1) is 11.8 Å². The second kappa shape index (κ2) is 8.08. The summed E-state index contributed by atoms with van der Waals surface area (Å²) in [4.78, 5) is 0. The Morgan fingerprint density at radius 2 is 2.00 bits per heavy atom. The molecule has 0 bridgehead atoms. The maximum Gasteiger partial charge on any atom is 0.00388 e. The molecule has 96 valence electrons. The number of hydrogen-bond donors (Lipinski definition) is 2. The molecule has 0 aliphatic heterocycles. The van der Waals surface area contributed by atoms with Gasteiger partial charge in [0.05, 0.1) is 0 Å². The predicted molar refractivity (Wildman–Crippen MR) is 71.5 cm³/mol. The van der Waals surface area contributed by atoms with Gasteiger partial charge >= 0.3 is 0 Å². The minimum absolute atomic E-state index is 0.686. The van der Waals surface area contributed by atoms with E-state index in [9.17, 15) is 0 Å². The SMILES string of the molecule is CCCCCC(C)NCC1CCCC1CN. The molecule has 1 aliphatic rings. The van der Waals surface area contributed by atoms with Gasteiger partial charge in [0.2, 0.25) is 0 Å². The molecule has 1 rings (SSSR count). The Morgan fingerprint density at radius 3 is 2.69 bits per heavy atom. The van der Waals surface area contributed by atoms with Crippen molar-refractivity contribution in [3.8, 4) is 0 Å². The van der Waals surface area contributed by atoms with E-state index in [2.05, 4.69) is 19.2 Å². The summed E-state index contributed by atoms with van der Waals surface area (Å²) in [5.74, 6) is 1.63. The molecule has 3 N–H and O–H groups in total. The summed E-state index contributed by atoms with van der Waals surface area (Å²) in [5.41, 5.74) is 5.80. The van der Waals surface area contributed by atoms with E-state index in [1.54, 1.807) is 0 Å². The summed E-state index contributed by atoms with van der Waals surface area (Å²) in [6.07, 6.45) is 9.52. The minimum atomic E-state index is 0.686. The molecular weight excluding hydrogens is 196 g/mol. The number of rotatable bonds is 8. The molecule has 0 aromatic carbocycles. The van der Waals surface area contributed by atoms with Crippen molar-refractivity contribution < 1.29 is 0 Å². The Bertz CT molecular complexity index is 170. The monoisotopic (exact) mass is 226 g/mol. The molecule has 0 spiro atoms. The van der Waals surface area contributed by atoms with Crippen molar-refractivity contribution >= 4 is 0 Å². The maximum atomic E-state index is 5.80. The van der Waals surface area contributed by atoms with Crippen molar-refractivity contribution in [1.82, 2.24) is 5.32 Å². The van der Waals surface area contributed by atoms with Gasteiger partial charge in [-0.25, -0.2) is 0 Å². The molecule has 1 fully saturated rings. The molecular formula is C14H30N2. The zero-order chi connectivity index (χ0) is 11.8. The Morgan fingerprint density at radius 1 is 1.25 bits per heavy atom. The summed E-state index contributed by atoms with van der Waals surface area (Å²) in [5, 5.41) is 3.69. The van der Waals surface area contributed by atoms with E-state index in [4.69, 9.17) is 5.73 Å². The van der Waals surface area contributed by atoms with Crippen LogP contribution in [-0.4, -0.2) is 19.1 Å². The van der Waals surface area contributed by atoms with Gasteiger partial charge in [-0.2, -0.15) is 0 Å². The minimum Gasteiger partial charge on any atom is -0.330 e. The van der Waals surface area contributed by atoms with Crippen molar-refractivity contribution in [3.63, 3.8) is 0 Å². The predicted octanol–water partition coefficient (Wildman–Crippen LogP) is 2.92. The molecule has 2 nitrogen and oxygen atoms in total. The van der Waals surface area contributed by atoms with Crippen LogP contribution in [0.2, 0.25) is 0 Å². The van der Waals surface area contributed by atoms with Crippen LogP contribution >= 0.6 is 0 Å². The Kier molecular flexibility index (Phi) is 7.06. The van der Waals surface area contributed by atoms with Crippen LogP contribution in [0.1, 0.15) is 58.8 Å². The van der Waals surface area contributed by atoms with Crippen molar-refractivity contribution in [2.24, 2.45) is 17.6 Å². The van der Waals surface area contributed by atoms with E-state index in [1.807, 2.05) is 0 Å². The summed E-state index contributed by atoms with van der Waals surface area (Å²) in [6, 6.07) is 0.686. The summed E-state index contributed by atoms with van der Waals surface area (Å²) in [6.45, 7) is 6.66. The smallest absolute Gasteiger partial charge is 0.00388 e. The quantitative estimate of drug-likeness (QED) is 0.625. The number of nitrogens with one attached hydrogen (secondary N) is 1. The maximum absolute atomic E-state index is 5.80. The molecule has 0 saturated heterocycles. The molecule has 0 radical (unpaired) electrons. The fourth-order valence-electron chi connectivity index (χ4n) is 2.85. The van der Waals surface area contributed by atoms with Crippen LogP contribution in [-0.2, 0) is 0 Å². The van der Waals surface area contributed by atoms with Crippen LogP contribution in [0.4, 0.5) is 0 Å². The normalized spacial score (nSPS) is 27.2. The fourth-order valence-corrected chi connectivity index (χ4v) is 2.85. The van der Waals surface area contributed by atoms with E-state index in [0.717, 1.165) is 18.4 Å². The fraction of sp³-hybridized carbons (Fsp3) is 1.00. The van der Waals surface area contributed by atoms with E-state index >= 15 is 0 Å². The Labute approximate surface area is 101 Å². The van der Waals surface area contributed by atoms with Crippen LogP contribution in [0.25, 0.3) is 0 Å². The van der Waals surface area contributed by atoms with Gasteiger partial charge in [-0.1, -0.05) is 32.6 Å². The second-order valence-corrected chi connectivity index (χ2v) is 5.49. The van der Waals surface area contributed by atoms with Crippen LogP contribution in [0.5, 0.6) is 0 Å². The van der Waals surface area contributed by atoms with Crippen molar-refractivity contribution in [3.05, 3.63) is 0 Å². The first-order valence-electron chi connectivity index (χ1n) is 7.21. The van der Waals surface area contributed by atoms with Crippen LogP contribution in [0.15, 0.2) is 0 Å². The average Bonchev–Trinajstić information content (AvgIpc) is 2.74. The van der Waals surface area contributed by atoms with Gasteiger partial charge in [0, 0.05) is 6.04 Å². The van der Waals surface area contributed by atoms with E-state index in [-0.39, 0.29) is 0 Å². The van der Waals surface area contributed by atoms with E-state index in [1.165, 1.54) is 51.5 Å². The van der Waals surface area contributed by atoms with Gasteiger partial charge in [0.25, 0.3) is 0 Å². The van der Waals surface area contributed by atoms with E-state index < -0.39 is 0 Å². The first-order valence-corrected chi connectivity index (χ1v) is 7.21. The zero-order valence-electron chi connectivity index (χ0n) is 11.2. The van der Waals surface area contributed by atoms with Crippen molar-refractivity contribution in [1.29, 1.82) is 0 Å². The molecule has 0 aromatic rings. The van der Waals surface area contributed by atoms with Crippen LogP contribution in [0.3, 0.4) is 0 Å².